The van der Waals surface area contributed by atoms with Crippen LogP contribution in [-0.4, -0.2) is 49.1 Å². The maximum absolute atomic E-state index is 12.9. The lowest BCUT2D eigenvalue weighted by Gasteiger charge is -2.37. The van der Waals surface area contributed by atoms with Gasteiger partial charge >= 0.3 is 18.0 Å². The van der Waals surface area contributed by atoms with Crippen molar-refractivity contribution in [3.63, 3.8) is 0 Å². The average molecular weight is 564 g/mol. The zero-order valence-electron chi connectivity index (χ0n) is 23.9. The van der Waals surface area contributed by atoms with Crippen molar-refractivity contribution >= 4 is 34.7 Å². The number of anilines is 1. The number of rotatable bonds is 12. The second-order valence-electron chi connectivity index (χ2n) is 11.3. The standard InChI is InChI=1S/C25H31N5O.C6H10O4/c1-15(2)7-11-18-16(14-26)8-12-21-24(18)29-23(27-21)13-22-19-5-3-4-6-20(19)28-25(31)30(22)17-9-10-17;7-5(8)3-1-2-4-6(9)10/h3-6,8,12,15,17,22H,7,9-11,13-14,26H2,1-2H3,(H,27,29)(H,28,31);1-4H2,(H,7,8)(H,9,10). The number of aryl methyl sites for hydroxylation is 1. The van der Waals surface area contributed by atoms with Gasteiger partial charge in [0.05, 0.1) is 17.1 Å². The van der Waals surface area contributed by atoms with Crippen molar-refractivity contribution in [2.75, 3.05) is 5.32 Å². The first kappa shape index (κ1) is 30.0. The van der Waals surface area contributed by atoms with E-state index in [1.807, 2.05) is 23.1 Å². The molecule has 0 radical (unpaired) electrons. The fourth-order valence-electron chi connectivity index (χ4n) is 5.31. The van der Waals surface area contributed by atoms with Crippen molar-refractivity contribution in [2.45, 2.75) is 90.3 Å². The summed E-state index contributed by atoms with van der Waals surface area (Å²) in [4.78, 5) is 43.3. The minimum Gasteiger partial charge on any atom is -0.481 e. The summed E-state index contributed by atoms with van der Waals surface area (Å²) in [5.41, 5.74) is 12.6. The van der Waals surface area contributed by atoms with E-state index in [-0.39, 0.29) is 24.9 Å². The molecule has 2 heterocycles. The van der Waals surface area contributed by atoms with Crippen LogP contribution in [-0.2, 0) is 29.0 Å². The van der Waals surface area contributed by atoms with E-state index >= 15 is 0 Å². The van der Waals surface area contributed by atoms with E-state index in [0.29, 0.717) is 37.8 Å². The molecule has 0 bridgehead atoms. The van der Waals surface area contributed by atoms with Gasteiger partial charge in [0.2, 0.25) is 0 Å². The summed E-state index contributed by atoms with van der Waals surface area (Å²) >= 11 is 0. The molecule has 0 saturated heterocycles. The van der Waals surface area contributed by atoms with Crippen molar-refractivity contribution in [3.8, 4) is 0 Å². The number of carboxylic acid groups (broad SMARTS) is 2. The normalized spacial score (nSPS) is 16.2. The predicted molar refractivity (Wildman–Crippen MR) is 158 cm³/mol. The Morgan fingerprint density at radius 3 is 2.37 bits per heavy atom. The number of H-pyrrole nitrogens is 1. The number of benzene rings is 2. The number of imidazole rings is 1. The molecule has 0 spiro atoms. The lowest BCUT2D eigenvalue weighted by Crippen LogP contribution is -2.44. The van der Waals surface area contributed by atoms with Crippen molar-refractivity contribution in [1.29, 1.82) is 0 Å². The number of aromatic nitrogens is 2. The molecule has 2 aliphatic rings. The molecule has 6 N–H and O–H groups in total. The van der Waals surface area contributed by atoms with Crippen LogP contribution in [0.5, 0.6) is 0 Å². The quantitative estimate of drug-likeness (QED) is 0.179. The molecular formula is C31H41N5O5. The zero-order chi connectivity index (χ0) is 29.5. The van der Waals surface area contributed by atoms with Gasteiger partial charge in [-0.1, -0.05) is 38.1 Å². The van der Waals surface area contributed by atoms with Gasteiger partial charge in [-0.2, -0.15) is 0 Å². The molecule has 1 aromatic heterocycles. The predicted octanol–water partition coefficient (Wildman–Crippen LogP) is 5.62. The molecule has 2 amide bonds. The summed E-state index contributed by atoms with van der Waals surface area (Å²) < 4.78 is 0. The van der Waals surface area contributed by atoms with Gasteiger partial charge in [0.1, 0.15) is 5.82 Å². The lowest BCUT2D eigenvalue weighted by molar-refractivity contribution is -0.139. The molecule has 2 aromatic carbocycles. The fourth-order valence-corrected chi connectivity index (χ4v) is 5.31. The maximum Gasteiger partial charge on any atom is 0.322 e. The minimum atomic E-state index is -0.870. The highest BCUT2D eigenvalue weighted by Gasteiger charge is 2.42. The lowest BCUT2D eigenvalue weighted by atomic mass is 9.97. The number of unbranched alkanes of at least 4 members (excludes halogenated alkanes) is 1. The Labute approximate surface area is 240 Å². The number of urea groups is 1. The Morgan fingerprint density at radius 2 is 1.76 bits per heavy atom. The zero-order valence-corrected chi connectivity index (χ0v) is 23.9. The van der Waals surface area contributed by atoms with Crippen molar-refractivity contribution in [1.82, 2.24) is 14.9 Å². The van der Waals surface area contributed by atoms with E-state index in [9.17, 15) is 14.4 Å². The largest absolute Gasteiger partial charge is 0.481 e. The molecule has 3 aromatic rings. The Kier molecular flexibility index (Phi) is 9.99. The number of para-hydroxylation sites is 1. The van der Waals surface area contributed by atoms with Crippen molar-refractivity contribution < 1.29 is 24.6 Å². The molecule has 1 fully saturated rings. The molecule has 1 aliphatic heterocycles. The van der Waals surface area contributed by atoms with Crippen LogP contribution < -0.4 is 11.1 Å². The van der Waals surface area contributed by atoms with Crippen LogP contribution in [0, 0.1) is 5.92 Å². The van der Waals surface area contributed by atoms with E-state index in [2.05, 4.69) is 42.3 Å². The SMILES string of the molecule is CC(C)CCc1c(CN)ccc2[nH]c(CC3c4ccccc4NC(=O)N3C3CC3)nc12.O=C(O)CCCCC(=O)O. The topological polar surface area (TPSA) is 162 Å². The van der Waals surface area contributed by atoms with Gasteiger partial charge in [-0.15, -0.1) is 0 Å². The van der Waals surface area contributed by atoms with Gasteiger partial charge in [0.15, 0.2) is 0 Å². The molecule has 10 heteroatoms. The molecule has 1 aliphatic carbocycles. The highest BCUT2D eigenvalue weighted by molar-refractivity contribution is 5.93. The van der Waals surface area contributed by atoms with Crippen molar-refractivity contribution in [2.24, 2.45) is 11.7 Å². The Morgan fingerprint density at radius 1 is 1.07 bits per heavy atom. The summed E-state index contributed by atoms with van der Waals surface area (Å²) in [6, 6.07) is 12.7. The summed E-state index contributed by atoms with van der Waals surface area (Å²) in [6.07, 6.45) is 5.94. The molecule has 1 saturated carbocycles. The van der Waals surface area contributed by atoms with E-state index in [0.717, 1.165) is 53.8 Å². The maximum atomic E-state index is 12.9. The van der Waals surface area contributed by atoms with Crippen LogP contribution in [0.4, 0.5) is 10.5 Å². The highest BCUT2D eigenvalue weighted by Crippen LogP contribution is 2.42. The molecule has 5 rings (SSSR count). The highest BCUT2D eigenvalue weighted by atomic mass is 16.4. The minimum absolute atomic E-state index is 0.00496. The Balaban J connectivity index is 0.000000334. The fraction of sp³-hybridized carbons (Fsp3) is 0.484. The molecule has 220 valence electrons. The van der Waals surface area contributed by atoms with Crippen LogP contribution in [0.1, 0.15) is 87.3 Å². The average Bonchev–Trinajstić information content (AvgIpc) is 3.68. The Bertz CT molecular complexity index is 1360. The monoisotopic (exact) mass is 563 g/mol. The summed E-state index contributed by atoms with van der Waals surface area (Å²) in [5.74, 6) is -0.186. The van der Waals surface area contributed by atoms with E-state index in [1.54, 1.807) is 0 Å². The van der Waals surface area contributed by atoms with Gasteiger partial charge in [-0.05, 0) is 73.3 Å². The number of nitrogens with two attached hydrogens (primary N) is 1. The van der Waals surface area contributed by atoms with Crippen LogP contribution >= 0.6 is 0 Å². The first-order valence-electron chi connectivity index (χ1n) is 14.5. The van der Waals surface area contributed by atoms with Gasteiger partial charge in [-0.25, -0.2) is 9.78 Å². The molecular weight excluding hydrogens is 522 g/mol. The molecule has 41 heavy (non-hydrogen) atoms. The van der Waals surface area contributed by atoms with E-state index in [4.69, 9.17) is 20.9 Å². The number of hydrogen-bond acceptors (Lipinski definition) is 5. The number of amides is 2. The number of carbonyl (C=O) groups is 3. The number of hydrogen-bond donors (Lipinski definition) is 5. The van der Waals surface area contributed by atoms with E-state index < -0.39 is 11.9 Å². The van der Waals surface area contributed by atoms with Crippen LogP contribution in [0.25, 0.3) is 11.0 Å². The molecule has 10 nitrogen and oxygen atoms in total. The number of aromatic amines is 1. The van der Waals surface area contributed by atoms with Crippen LogP contribution in [0.3, 0.4) is 0 Å². The van der Waals surface area contributed by atoms with Gasteiger partial charge in [0, 0.05) is 37.5 Å². The number of fused-ring (bicyclic) bond motifs is 2. The van der Waals surface area contributed by atoms with Crippen molar-refractivity contribution in [3.05, 3.63) is 58.9 Å². The van der Waals surface area contributed by atoms with Gasteiger partial charge in [-0.3, -0.25) is 9.59 Å². The second-order valence-corrected chi connectivity index (χ2v) is 11.3. The summed E-state index contributed by atoms with van der Waals surface area (Å²) in [7, 11) is 0. The van der Waals surface area contributed by atoms with Gasteiger partial charge in [0.25, 0.3) is 0 Å². The summed E-state index contributed by atoms with van der Waals surface area (Å²) in [5, 5.41) is 19.3. The number of aliphatic carboxylic acids is 2. The van der Waals surface area contributed by atoms with E-state index in [1.165, 1.54) is 11.1 Å². The third-order valence-electron chi connectivity index (χ3n) is 7.59. The summed E-state index contributed by atoms with van der Waals surface area (Å²) in [6.45, 7) is 5.02. The second kappa shape index (κ2) is 13.6. The smallest absolute Gasteiger partial charge is 0.322 e. The third kappa shape index (κ3) is 7.85. The molecule has 1 unspecified atom stereocenters. The number of nitrogens with zero attached hydrogens (tertiary/aromatic N) is 2. The van der Waals surface area contributed by atoms with Crippen LogP contribution in [0.2, 0.25) is 0 Å². The van der Waals surface area contributed by atoms with Gasteiger partial charge < -0.3 is 31.1 Å². The number of carboxylic acids is 2. The Hall–Kier alpha value is -3.92. The van der Waals surface area contributed by atoms with Crippen LogP contribution in [0.15, 0.2) is 36.4 Å². The first-order chi connectivity index (χ1) is 19.7. The number of nitrogens with one attached hydrogen (secondary N) is 2. The molecule has 1 atom stereocenters. The number of carbonyl (C=O) groups excluding carboxylic acids is 1. The first-order valence-corrected chi connectivity index (χ1v) is 14.5. The third-order valence-corrected chi connectivity index (χ3v) is 7.59.